The minimum atomic E-state index is -0.339. The number of aromatic nitrogens is 2. The number of nitriles is 1. The summed E-state index contributed by atoms with van der Waals surface area (Å²) in [6.45, 7) is 5.69. The lowest BCUT2D eigenvalue weighted by Gasteiger charge is -2.33. The number of amides is 1. The first-order valence-electron chi connectivity index (χ1n) is 14.4. The molecule has 2 fully saturated rings. The van der Waals surface area contributed by atoms with Crippen molar-refractivity contribution in [2.24, 2.45) is 17.8 Å². The molecule has 5 rings (SSSR count). The Hall–Kier alpha value is -3.47. The van der Waals surface area contributed by atoms with Gasteiger partial charge in [-0.25, -0.2) is 14.4 Å². The van der Waals surface area contributed by atoms with Gasteiger partial charge in [0.1, 0.15) is 0 Å². The number of ether oxygens (including phenoxy) is 1. The van der Waals surface area contributed by atoms with E-state index in [4.69, 9.17) is 10.00 Å². The molecule has 3 heterocycles. The number of nitrogens with zero attached hydrogens (tertiary/aromatic N) is 5. The zero-order chi connectivity index (χ0) is 27.2. The SMILES string of the molecule is CCc1cnc(N2CCC(COc3ccc(C4=CCC(C(=O)N5CCC(C#N)CC5)CC4)cc3F)CC2)nc1. The number of piperidine rings is 2. The van der Waals surface area contributed by atoms with Gasteiger partial charge in [-0.2, -0.15) is 5.26 Å². The van der Waals surface area contributed by atoms with Crippen LogP contribution in [-0.4, -0.2) is 53.6 Å². The van der Waals surface area contributed by atoms with Crippen molar-refractivity contribution in [2.45, 2.75) is 58.3 Å². The van der Waals surface area contributed by atoms with Gasteiger partial charge in [0.25, 0.3) is 0 Å². The van der Waals surface area contributed by atoms with E-state index in [1.165, 1.54) is 0 Å². The fourth-order valence-electron chi connectivity index (χ4n) is 5.83. The highest BCUT2D eigenvalue weighted by Crippen LogP contribution is 2.34. The van der Waals surface area contributed by atoms with Crippen molar-refractivity contribution in [1.82, 2.24) is 14.9 Å². The molecule has 2 saturated heterocycles. The Morgan fingerprint density at radius 1 is 1.10 bits per heavy atom. The molecule has 1 aromatic heterocycles. The van der Waals surface area contributed by atoms with Gasteiger partial charge in [-0.3, -0.25) is 4.79 Å². The highest BCUT2D eigenvalue weighted by molar-refractivity contribution is 5.81. The molecule has 39 heavy (non-hydrogen) atoms. The lowest BCUT2D eigenvalue weighted by atomic mass is 9.85. The molecule has 0 radical (unpaired) electrons. The number of halogens is 1. The van der Waals surface area contributed by atoms with Gasteiger partial charge in [-0.05, 0) is 86.1 Å². The Kier molecular flexibility index (Phi) is 8.75. The van der Waals surface area contributed by atoms with Crippen LogP contribution in [0.4, 0.5) is 10.3 Å². The Balaban J connectivity index is 1.09. The monoisotopic (exact) mass is 531 g/mol. The molecular weight excluding hydrogens is 493 g/mol. The van der Waals surface area contributed by atoms with E-state index in [0.717, 1.165) is 80.7 Å². The molecule has 1 aromatic carbocycles. The minimum absolute atomic E-state index is 0.0199. The molecule has 0 saturated carbocycles. The summed E-state index contributed by atoms with van der Waals surface area (Å²) in [7, 11) is 0. The van der Waals surface area contributed by atoms with Gasteiger partial charge < -0.3 is 14.5 Å². The molecule has 1 unspecified atom stereocenters. The Bertz CT molecular complexity index is 1210. The second kappa shape index (κ2) is 12.6. The van der Waals surface area contributed by atoms with Crippen molar-refractivity contribution < 1.29 is 13.9 Å². The summed E-state index contributed by atoms with van der Waals surface area (Å²) in [6.07, 6.45) is 12.5. The molecule has 0 bridgehead atoms. The lowest BCUT2D eigenvalue weighted by molar-refractivity contribution is -0.136. The van der Waals surface area contributed by atoms with Crippen LogP contribution in [0.3, 0.4) is 0 Å². The third-order valence-corrected chi connectivity index (χ3v) is 8.52. The van der Waals surface area contributed by atoms with Crippen molar-refractivity contribution in [1.29, 1.82) is 5.26 Å². The first-order chi connectivity index (χ1) is 19.0. The Morgan fingerprint density at radius 2 is 1.85 bits per heavy atom. The first-order valence-corrected chi connectivity index (χ1v) is 14.4. The van der Waals surface area contributed by atoms with E-state index >= 15 is 0 Å². The zero-order valence-electron chi connectivity index (χ0n) is 22.8. The number of hydrogen-bond acceptors (Lipinski definition) is 6. The number of rotatable bonds is 7. The van der Waals surface area contributed by atoms with Crippen LogP contribution in [0.1, 0.15) is 63.0 Å². The maximum absolute atomic E-state index is 15.0. The van der Waals surface area contributed by atoms with Crippen LogP contribution in [0.15, 0.2) is 36.7 Å². The quantitative estimate of drug-likeness (QED) is 0.475. The van der Waals surface area contributed by atoms with Crippen molar-refractivity contribution in [3.05, 3.63) is 53.6 Å². The first kappa shape index (κ1) is 27.1. The maximum atomic E-state index is 15.0. The smallest absolute Gasteiger partial charge is 0.226 e. The number of carbonyl (C=O) groups is 1. The van der Waals surface area contributed by atoms with Crippen LogP contribution in [-0.2, 0) is 11.2 Å². The van der Waals surface area contributed by atoms with Crippen LogP contribution >= 0.6 is 0 Å². The topological polar surface area (TPSA) is 82.4 Å². The number of carbonyl (C=O) groups excluding carboxylic acids is 1. The number of hydrogen-bond donors (Lipinski definition) is 0. The van der Waals surface area contributed by atoms with Crippen LogP contribution < -0.4 is 9.64 Å². The molecule has 0 spiro atoms. The maximum Gasteiger partial charge on any atom is 0.226 e. The number of anilines is 1. The summed E-state index contributed by atoms with van der Waals surface area (Å²) < 4.78 is 20.9. The van der Waals surface area contributed by atoms with E-state index in [1.54, 1.807) is 12.1 Å². The average Bonchev–Trinajstić information content (AvgIpc) is 3.00. The fraction of sp³-hybridized carbons (Fsp3) is 0.548. The molecule has 2 aliphatic heterocycles. The molecule has 1 atom stereocenters. The summed E-state index contributed by atoms with van der Waals surface area (Å²) in [5, 5.41) is 9.08. The van der Waals surface area contributed by atoms with Crippen LogP contribution in [0.25, 0.3) is 5.57 Å². The van der Waals surface area contributed by atoms with E-state index in [0.29, 0.717) is 37.8 Å². The molecule has 1 aliphatic carbocycles. The summed E-state index contributed by atoms with van der Waals surface area (Å²) in [5.74, 6) is 1.36. The summed E-state index contributed by atoms with van der Waals surface area (Å²) in [6, 6.07) is 7.55. The van der Waals surface area contributed by atoms with Gasteiger partial charge in [0.2, 0.25) is 11.9 Å². The van der Waals surface area contributed by atoms with Gasteiger partial charge in [0.05, 0.1) is 12.7 Å². The number of benzene rings is 1. The second-order valence-corrected chi connectivity index (χ2v) is 11.1. The van der Waals surface area contributed by atoms with Gasteiger partial charge in [0, 0.05) is 50.4 Å². The Labute approximate surface area is 230 Å². The molecule has 8 heteroatoms. The van der Waals surface area contributed by atoms with Crippen LogP contribution in [0.5, 0.6) is 5.75 Å². The van der Waals surface area contributed by atoms with Crippen molar-refractivity contribution in [2.75, 3.05) is 37.7 Å². The predicted octanol–water partition coefficient (Wildman–Crippen LogP) is 5.42. The average molecular weight is 532 g/mol. The lowest BCUT2D eigenvalue weighted by Crippen LogP contribution is -2.41. The normalized spacial score (nSPS) is 20.8. The van der Waals surface area contributed by atoms with Crippen LogP contribution in [0.2, 0.25) is 0 Å². The standard InChI is InChI=1S/C31H38FN5O2/c1-2-22-19-34-31(35-20-22)37-15-11-24(12-16-37)21-39-29-8-7-27(17-28(29)32)25-3-5-26(6-4-25)30(38)36-13-9-23(18-33)10-14-36/h3,7-8,17,19-20,23-24,26H,2,4-6,9-16,21H2,1H3. The van der Waals surface area contributed by atoms with E-state index in [1.807, 2.05) is 23.4 Å². The summed E-state index contributed by atoms with van der Waals surface area (Å²) in [5.41, 5.74) is 3.09. The molecule has 1 amide bonds. The minimum Gasteiger partial charge on any atom is -0.490 e. The molecule has 2 aromatic rings. The van der Waals surface area contributed by atoms with Gasteiger partial charge in [-0.1, -0.05) is 19.1 Å². The van der Waals surface area contributed by atoms with E-state index < -0.39 is 0 Å². The van der Waals surface area contributed by atoms with Crippen molar-refractivity contribution in [3.8, 4) is 11.8 Å². The van der Waals surface area contributed by atoms with Gasteiger partial charge in [0.15, 0.2) is 11.6 Å². The van der Waals surface area contributed by atoms with Gasteiger partial charge >= 0.3 is 0 Å². The molecule has 0 N–H and O–H groups in total. The summed E-state index contributed by atoms with van der Waals surface area (Å²) in [4.78, 5) is 26.0. The Morgan fingerprint density at radius 3 is 2.46 bits per heavy atom. The van der Waals surface area contributed by atoms with E-state index in [2.05, 4.69) is 33.9 Å². The number of aryl methyl sites for hydroxylation is 1. The van der Waals surface area contributed by atoms with Gasteiger partial charge in [-0.15, -0.1) is 0 Å². The molecule has 206 valence electrons. The van der Waals surface area contributed by atoms with Crippen LogP contribution in [0, 0.1) is 34.9 Å². The van der Waals surface area contributed by atoms with Crippen molar-refractivity contribution >= 4 is 17.4 Å². The van der Waals surface area contributed by atoms with E-state index in [-0.39, 0.29) is 23.6 Å². The number of allylic oxidation sites excluding steroid dienone is 2. The molecular formula is C31H38FN5O2. The third-order valence-electron chi connectivity index (χ3n) is 8.52. The zero-order valence-corrected chi connectivity index (χ0v) is 22.8. The van der Waals surface area contributed by atoms with Crippen molar-refractivity contribution in [3.63, 3.8) is 0 Å². The molecule has 7 nitrogen and oxygen atoms in total. The second-order valence-electron chi connectivity index (χ2n) is 11.1. The predicted molar refractivity (Wildman–Crippen MR) is 148 cm³/mol. The highest BCUT2D eigenvalue weighted by atomic mass is 19.1. The molecule has 3 aliphatic rings. The number of likely N-dealkylation sites (tertiary alicyclic amines) is 1. The fourth-order valence-corrected chi connectivity index (χ4v) is 5.83. The van der Waals surface area contributed by atoms with E-state index in [9.17, 15) is 9.18 Å². The third kappa shape index (κ3) is 6.58. The highest BCUT2D eigenvalue weighted by Gasteiger charge is 2.29. The summed E-state index contributed by atoms with van der Waals surface area (Å²) >= 11 is 0. The largest absolute Gasteiger partial charge is 0.490 e.